The Morgan fingerprint density at radius 2 is 2.00 bits per heavy atom. The zero-order valence-electron chi connectivity index (χ0n) is 6.64. The normalized spacial score (nSPS) is 11.0. The van der Waals surface area contributed by atoms with E-state index in [1.165, 1.54) is 24.3 Å². The third-order valence-electron chi connectivity index (χ3n) is 1.33. The Balaban J connectivity index is 2.84. The van der Waals surface area contributed by atoms with Crippen molar-refractivity contribution in [2.45, 2.75) is 6.36 Å². The SMILES string of the molecule is C=Cc1cccc(OC(F)(F)F)c1. The molecule has 0 aromatic heterocycles. The molecule has 0 heterocycles. The van der Waals surface area contributed by atoms with Crippen molar-refractivity contribution in [2.24, 2.45) is 0 Å². The van der Waals surface area contributed by atoms with Crippen molar-refractivity contribution < 1.29 is 17.9 Å². The van der Waals surface area contributed by atoms with Crippen LogP contribution in [0.15, 0.2) is 30.8 Å². The molecule has 0 saturated carbocycles. The van der Waals surface area contributed by atoms with Gasteiger partial charge in [0.2, 0.25) is 0 Å². The smallest absolute Gasteiger partial charge is 0.406 e. The fourth-order valence-corrected chi connectivity index (χ4v) is 0.839. The summed E-state index contributed by atoms with van der Waals surface area (Å²) >= 11 is 0. The topological polar surface area (TPSA) is 9.23 Å². The number of hydrogen-bond acceptors (Lipinski definition) is 1. The largest absolute Gasteiger partial charge is 0.573 e. The van der Waals surface area contributed by atoms with Gasteiger partial charge < -0.3 is 4.74 Å². The van der Waals surface area contributed by atoms with Gasteiger partial charge in [-0.3, -0.25) is 0 Å². The lowest BCUT2D eigenvalue weighted by molar-refractivity contribution is -0.274. The summed E-state index contributed by atoms with van der Waals surface area (Å²) in [6.07, 6.45) is -3.19. The Morgan fingerprint density at radius 1 is 1.31 bits per heavy atom. The van der Waals surface area contributed by atoms with Gasteiger partial charge in [-0.25, -0.2) is 0 Å². The molecule has 0 saturated heterocycles. The minimum atomic E-state index is -4.64. The van der Waals surface area contributed by atoms with E-state index >= 15 is 0 Å². The Morgan fingerprint density at radius 3 is 2.54 bits per heavy atom. The van der Waals surface area contributed by atoms with E-state index in [1.807, 2.05) is 0 Å². The summed E-state index contributed by atoms with van der Waals surface area (Å²) in [6.45, 7) is 3.43. The van der Waals surface area contributed by atoms with Crippen LogP contribution in [0.3, 0.4) is 0 Å². The maximum Gasteiger partial charge on any atom is 0.573 e. The van der Waals surface area contributed by atoms with Gasteiger partial charge in [0.05, 0.1) is 0 Å². The molecule has 0 aliphatic carbocycles. The molecule has 13 heavy (non-hydrogen) atoms. The van der Waals surface area contributed by atoms with Crippen LogP contribution in [0, 0.1) is 0 Å². The lowest BCUT2D eigenvalue weighted by Gasteiger charge is -2.08. The van der Waals surface area contributed by atoms with Gasteiger partial charge in [0.1, 0.15) is 5.75 Å². The maximum atomic E-state index is 11.7. The molecular formula is C9H7F3O. The molecule has 70 valence electrons. The molecule has 1 rings (SSSR count). The van der Waals surface area contributed by atoms with Gasteiger partial charge in [0.25, 0.3) is 0 Å². The molecule has 0 atom stereocenters. The summed E-state index contributed by atoms with van der Waals surface area (Å²) in [5.74, 6) is -0.232. The lowest BCUT2D eigenvalue weighted by Crippen LogP contribution is -2.17. The van der Waals surface area contributed by atoms with Crippen molar-refractivity contribution in [1.29, 1.82) is 0 Å². The number of hydrogen-bond donors (Lipinski definition) is 0. The summed E-state index contributed by atoms with van der Waals surface area (Å²) in [4.78, 5) is 0. The summed E-state index contributed by atoms with van der Waals surface area (Å²) in [7, 11) is 0. The molecule has 1 aromatic rings. The maximum absolute atomic E-state index is 11.7. The van der Waals surface area contributed by atoms with E-state index in [9.17, 15) is 13.2 Å². The second-order valence-corrected chi connectivity index (χ2v) is 2.32. The Labute approximate surface area is 73.4 Å². The summed E-state index contributed by atoms with van der Waals surface area (Å²) in [6, 6.07) is 5.61. The van der Waals surface area contributed by atoms with E-state index in [1.54, 1.807) is 6.07 Å². The minimum absolute atomic E-state index is 0.232. The zero-order chi connectivity index (χ0) is 9.90. The van der Waals surface area contributed by atoms with Crippen LogP contribution in [-0.2, 0) is 0 Å². The number of halogens is 3. The monoisotopic (exact) mass is 188 g/mol. The predicted octanol–water partition coefficient (Wildman–Crippen LogP) is 3.23. The van der Waals surface area contributed by atoms with E-state index < -0.39 is 6.36 Å². The highest BCUT2D eigenvalue weighted by Crippen LogP contribution is 2.23. The van der Waals surface area contributed by atoms with E-state index in [-0.39, 0.29) is 5.75 Å². The van der Waals surface area contributed by atoms with E-state index in [4.69, 9.17) is 0 Å². The first kappa shape index (κ1) is 9.64. The molecule has 0 bridgehead atoms. The van der Waals surface area contributed by atoms with E-state index in [2.05, 4.69) is 11.3 Å². The van der Waals surface area contributed by atoms with Crippen LogP contribution in [0.25, 0.3) is 6.08 Å². The van der Waals surface area contributed by atoms with Crippen molar-refractivity contribution in [1.82, 2.24) is 0 Å². The molecule has 1 aromatic carbocycles. The van der Waals surface area contributed by atoms with E-state index in [0.717, 1.165) is 0 Å². The van der Waals surface area contributed by atoms with Crippen LogP contribution < -0.4 is 4.74 Å². The molecule has 0 fully saturated rings. The average Bonchev–Trinajstić information content (AvgIpc) is 2.01. The van der Waals surface area contributed by atoms with Crippen molar-refractivity contribution >= 4 is 6.08 Å². The van der Waals surface area contributed by atoms with Crippen LogP contribution in [-0.4, -0.2) is 6.36 Å². The van der Waals surface area contributed by atoms with Crippen LogP contribution in [0.4, 0.5) is 13.2 Å². The third-order valence-corrected chi connectivity index (χ3v) is 1.33. The highest BCUT2D eigenvalue weighted by Gasteiger charge is 2.30. The Hall–Kier alpha value is -1.45. The summed E-state index contributed by atoms with van der Waals surface area (Å²) in [5, 5.41) is 0. The van der Waals surface area contributed by atoms with Gasteiger partial charge in [-0.05, 0) is 17.7 Å². The lowest BCUT2D eigenvalue weighted by atomic mass is 10.2. The molecule has 0 N–H and O–H groups in total. The molecule has 0 amide bonds. The molecule has 4 heteroatoms. The van der Waals surface area contributed by atoms with Crippen LogP contribution in [0.1, 0.15) is 5.56 Å². The van der Waals surface area contributed by atoms with Gasteiger partial charge in [0.15, 0.2) is 0 Å². The van der Waals surface area contributed by atoms with E-state index in [0.29, 0.717) is 5.56 Å². The summed E-state index contributed by atoms with van der Waals surface area (Å²) < 4.78 is 38.9. The van der Waals surface area contributed by atoms with Gasteiger partial charge in [-0.15, -0.1) is 13.2 Å². The van der Waals surface area contributed by atoms with Gasteiger partial charge >= 0.3 is 6.36 Å². The fourth-order valence-electron chi connectivity index (χ4n) is 0.839. The first-order valence-corrected chi connectivity index (χ1v) is 3.49. The van der Waals surface area contributed by atoms with Crippen molar-refractivity contribution in [3.63, 3.8) is 0 Å². The van der Waals surface area contributed by atoms with Crippen molar-refractivity contribution in [3.8, 4) is 5.75 Å². The second-order valence-electron chi connectivity index (χ2n) is 2.32. The molecule has 0 spiro atoms. The minimum Gasteiger partial charge on any atom is -0.406 e. The number of ether oxygens (including phenoxy) is 1. The highest BCUT2D eigenvalue weighted by atomic mass is 19.4. The van der Waals surface area contributed by atoms with Crippen LogP contribution in [0.2, 0.25) is 0 Å². The average molecular weight is 188 g/mol. The first-order valence-electron chi connectivity index (χ1n) is 3.49. The number of rotatable bonds is 2. The first-order chi connectivity index (χ1) is 6.01. The second kappa shape index (κ2) is 3.51. The predicted molar refractivity (Wildman–Crippen MR) is 43.2 cm³/mol. The zero-order valence-corrected chi connectivity index (χ0v) is 6.64. The van der Waals surface area contributed by atoms with Gasteiger partial charge in [0, 0.05) is 0 Å². The quantitative estimate of drug-likeness (QED) is 0.692. The molecule has 1 nitrogen and oxygen atoms in total. The summed E-state index contributed by atoms with van der Waals surface area (Å²) in [5.41, 5.74) is 0.585. The molecular weight excluding hydrogens is 181 g/mol. The Bertz CT molecular complexity index is 304. The molecule has 0 aliphatic heterocycles. The van der Waals surface area contributed by atoms with Crippen LogP contribution in [0.5, 0.6) is 5.75 Å². The molecule has 0 unspecified atom stereocenters. The number of benzene rings is 1. The van der Waals surface area contributed by atoms with Crippen molar-refractivity contribution in [2.75, 3.05) is 0 Å². The van der Waals surface area contributed by atoms with Crippen LogP contribution >= 0.6 is 0 Å². The fraction of sp³-hybridized carbons (Fsp3) is 0.111. The Kier molecular flexibility index (Phi) is 2.60. The molecule has 0 radical (unpaired) electrons. The van der Waals surface area contributed by atoms with Gasteiger partial charge in [-0.1, -0.05) is 24.8 Å². The standard InChI is InChI=1S/C9H7F3O/c1-2-7-4-3-5-8(6-7)13-9(10,11)12/h2-6H,1H2. The number of alkyl halides is 3. The molecule has 0 aliphatic rings. The third kappa shape index (κ3) is 3.19. The van der Waals surface area contributed by atoms with Gasteiger partial charge in [-0.2, -0.15) is 0 Å². The highest BCUT2D eigenvalue weighted by molar-refractivity contribution is 5.49. The van der Waals surface area contributed by atoms with Crippen molar-refractivity contribution in [3.05, 3.63) is 36.4 Å².